The van der Waals surface area contributed by atoms with Crippen LogP contribution in [0.3, 0.4) is 0 Å². The number of carbonyl (C=O) groups excluding carboxylic acids is 1. The Labute approximate surface area is 126 Å². The number of amides is 1. The Morgan fingerprint density at radius 1 is 1.38 bits per heavy atom. The number of pyridine rings is 1. The molecule has 0 radical (unpaired) electrons. The van der Waals surface area contributed by atoms with Gasteiger partial charge in [0, 0.05) is 31.4 Å². The number of nitrogens with one attached hydrogen (secondary N) is 1. The van der Waals surface area contributed by atoms with Gasteiger partial charge in [-0.25, -0.2) is 0 Å². The van der Waals surface area contributed by atoms with Gasteiger partial charge < -0.3 is 15.0 Å². The molecule has 0 atom stereocenters. The van der Waals surface area contributed by atoms with Crippen molar-refractivity contribution < 1.29 is 9.53 Å². The summed E-state index contributed by atoms with van der Waals surface area (Å²) in [5, 5.41) is 3.33. The number of likely N-dealkylation sites (tertiary alicyclic amines) is 1. The SMILES string of the molecule is Cc1ccc(OCC(=O)N2CCCC2)c(CNC(C)C)n1. The molecule has 21 heavy (non-hydrogen) atoms. The molecule has 1 aromatic heterocycles. The van der Waals surface area contributed by atoms with Crippen LogP contribution >= 0.6 is 0 Å². The number of rotatable bonds is 6. The number of aromatic nitrogens is 1. The first-order valence-electron chi connectivity index (χ1n) is 7.66. The molecule has 5 heteroatoms. The second-order valence-corrected chi connectivity index (χ2v) is 5.81. The molecule has 2 heterocycles. The molecule has 1 saturated heterocycles. The first-order valence-corrected chi connectivity index (χ1v) is 7.66. The van der Waals surface area contributed by atoms with E-state index in [1.165, 1.54) is 0 Å². The summed E-state index contributed by atoms with van der Waals surface area (Å²) in [5.74, 6) is 0.761. The van der Waals surface area contributed by atoms with Crippen LogP contribution in [0, 0.1) is 6.92 Å². The van der Waals surface area contributed by atoms with Crippen molar-refractivity contribution in [3.8, 4) is 5.75 Å². The summed E-state index contributed by atoms with van der Waals surface area (Å²) in [4.78, 5) is 18.4. The van der Waals surface area contributed by atoms with Crippen molar-refractivity contribution in [3.05, 3.63) is 23.5 Å². The van der Waals surface area contributed by atoms with E-state index in [9.17, 15) is 4.79 Å². The molecule has 5 nitrogen and oxygen atoms in total. The maximum atomic E-state index is 12.0. The summed E-state index contributed by atoms with van der Waals surface area (Å²) in [6.07, 6.45) is 2.20. The fourth-order valence-corrected chi connectivity index (χ4v) is 2.35. The zero-order valence-corrected chi connectivity index (χ0v) is 13.2. The van der Waals surface area contributed by atoms with Crippen molar-refractivity contribution in [1.82, 2.24) is 15.2 Å². The lowest BCUT2D eigenvalue weighted by atomic mass is 10.2. The fraction of sp³-hybridized carbons (Fsp3) is 0.625. The Morgan fingerprint density at radius 3 is 2.76 bits per heavy atom. The van der Waals surface area contributed by atoms with Crippen LogP contribution in [0.15, 0.2) is 12.1 Å². The molecule has 0 spiro atoms. The summed E-state index contributed by atoms with van der Waals surface area (Å²) in [6.45, 7) is 8.59. The maximum absolute atomic E-state index is 12.0. The Balaban J connectivity index is 1.96. The van der Waals surface area contributed by atoms with E-state index in [0.717, 1.165) is 37.3 Å². The first-order chi connectivity index (χ1) is 10.1. The van der Waals surface area contributed by atoms with E-state index < -0.39 is 0 Å². The van der Waals surface area contributed by atoms with E-state index in [1.54, 1.807) is 0 Å². The molecule has 0 saturated carbocycles. The number of hydrogen-bond donors (Lipinski definition) is 1. The Kier molecular flexibility index (Phi) is 5.56. The number of aryl methyl sites for hydroxylation is 1. The van der Waals surface area contributed by atoms with Crippen molar-refractivity contribution in [1.29, 1.82) is 0 Å². The minimum Gasteiger partial charge on any atom is -0.482 e. The molecule has 0 aromatic carbocycles. The van der Waals surface area contributed by atoms with Crippen LogP contribution in [0.2, 0.25) is 0 Å². The van der Waals surface area contributed by atoms with Gasteiger partial charge in [-0.1, -0.05) is 13.8 Å². The fourth-order valence-electron chi connectivity index (χ4n) is 2.35. The Bertz CT molecular complexity index is 482. The van der Waals surface area contributed by atoms with Crippen LogP contribution in [0.4, 0.5) is 0 Å². The Morgan fingerprint density at radius 2 is 2.10 bits per heavy atom. The van der Waals surface area contributed by atoms with Crippen LogP contribution in [-0.2, 0) is 11.3 Å². The smallest absolute Gasteiger partial charge is 0.260 e. The standard InChI is InChI=1S/C16H25N3O2/c1-12(2)17-10-14-15(7-6-13(3)18-14)21-11-16(20)19-8-4-5-9-19/h6-7,12,17H,4-5,8-11H2,1-3H3. The van der Waals surface area contributed by atoms with E-state index in [2.05, 4.69) is 24.1 Å². The van der Waals surface area contributed by atoms with Crippen LogP contribution < -0.4 is 10.1 Å². The average molecular weight is 291 g/mol. The van der Waals surface area contributed by atoms with Gasteiger partial charge in [0.15, 0.2) is 6.61 Å². The Hall–Kier alpha value is -1.62. The van der Waals surface area contributed by atoms with E-state index in [1.807, 2.05) is 24.0 Å². The molecule has 1 amide bonds. The molecule has 1 aliphatic heterocycles. The van der Waals surface area contributed by atoms with Crippen molar-refractivity contribution in [2.75, 3.05) is 19.7 Å². The predicted octanol–water partition coefficient (Wildman–Crippen LogP) is 1.89. The van der Waals surface area contributed by atoms with Gasteiger partial charge in [-0.05, 0) is 31.9 Å². The van der Waals surface area contributed by atoms with E-state index in [0.29, 0.717) is 18.3 Å². The van der Waals surface area contributed by atoms with Crippen LogP contribution in [0.1, 0.15) is 38.1 Å². The highest BCUT2D eigenvalue weighted by molar-refractivity contribution is 5.78. The highest BCUT2D eigenvalue weighted by Crippen LogP contribution is 2.17. The third-order valence-corrected chi connectivity index (χ3v) is 3.56. The van der Waals surface area contributed by atoms with Crippen molar-refractivity contribution in [2.24, 2.45) is 0 Å². The van der Waals surface area contributed by atoms with E-state index in [4.69, 9.17) is 4.74 Å². The first kappa shape index (κ1) is 15.8. The molecule has 0 bridgehead atoms. The van der Waals surface area contributed by atoms with Gasteiger partial charge in [-0.3, -0.25) is 9.78 Å². The van der Waals surface area contributed by atoms with Crippen LogP contribution in [-0.4, -0.2) is 41.5 Å². The van der Waals surface area contributed by atoms with Gasteiger partial charge in [0.25, 0.3) is 5.91 Å². The second kappa shape index (κ2) is 7.41. The lowest BCUT2D eigenvalue weighted by Crippen LogP contribution is -2.32. The molecule has 0 aliphatic carbocycles. The summed E-state index contributed by atoms with van der Waals surface area (Å²) < 4.78 is 5.70. The van der Waals surface area contributed by atoms with E-state index in [-0.39, 0.29) is 12.5 Å². The lowest BCUT2D eigenvalue weighted by molar-refractivity contribution is -0.132. The highest BCUT2D eigenvalue weighted by atomic mass is 16.5. The monoisotopic (exact) mass is 291 g/mol. The zero-order chi connectivity index (χ0) is 15.2. The van der Waals surface area contributed by atoms with Gasteiger partial charge in [0.1, 0.15) is 5.75 Å². The van der Waals surface area contributed by atoms with E-state index >= 15 is 0 Å². The third kappa shape index (κ3) is 4.70. The summed E-state index contributed by atoms with van der Waals surface area (Å²) >= 11 is 0. The van der Waals surface area contributed by atoms with Crippen LogP contribution in [0.25, 0.3) is 0 Å². The third-order valence-electron chi connectivity index (χ3n) is 3.56. The molecule has 1 aromatic rings. The highest BCUT2D eigenvalue weighted by Gasteiger charge is 2.18. The van der Waals surface area contributed by atoms with Gasteiger partial charge in [-0.2, -0.15) is 0 Å². The molecule has 1 N–H and O–H groups in total. The summed E-state index contributed by atoms with van der Waals surface area (Å²) in [5.41, 5.74) is 1.81. The maximum Gasteiger partial charge on any atom is 0.260 e. The molecular formula is C16H25N3O2. The van der Waals surface area contributed by atoms with Gasteiger partial charge in [-0.15, -0.1) is 0 Å². The lowest BCUT2D eigenvalue weighted by Gasteiger charge is -2.17. The average Bonchev–Trinajstić information content (AvgIpc) is 2.98. The second-order valence-electron chi connectivity index (χ2n) is 5.81. The van der Waals surface area contributed by atoms with Gasteiger partial charge in [0.05, 0.1) is 5.69 Å². The molecule has 0 unspecified atom stereocenters. The number of nitrogens with zero attached hydrogens (tertiary/aromatic N) is 2. The minimum atomic E-state index is 0.0656. The number of carbonyl (C=O) groups is 1. The topological polar surface area (TPSA) is 54.5 Å². The number of hydrogen-bond acceptors (Lipinski definition) is 4. The molecule has 2 rings (SSSR count). The molecule has 1 fully saturated rings. The molecule has 1 aliphatic rings. The minimum absolute atomic E-state index is 0.0656. The van der Waals surface area contributed by atoms with Crippen molar-refractivity contribution in [3.63, 3.8) is 0 Å². The number of ether oxygens (including phenoxy) is 1. The molecular weight excluding hydrogens is 266 g/mol. The predicted molar refractivity (Wildman–Crippen MR) is 82.3 cm³/mol. The normalized spacial score (nSPS) is 14.8. The van der Waals surface area contributed by atoms with Crippen molar-refractivity contribution in [2.45, 2.75) is 46.2 Å². The zero-order valence-electron chi connectivity index (χ0n) is 13.2. The summed E-state index contributed by atoms with van der Waals surface area (Å²) in [6, 6.07) is 4.19. The van der Waals surface area contributed by atoms with Crippen molar-refractivity contribution >= 4 is 5.91 Å². The summed E-state index contributed by atoms with van der Waals surface area (Å²) in [7, 11) is 0. The quantitative estimate of drug-likeness (QED) is 0.869. The molecule has 116 valence electrons. The van der Waals surface area contributed by atoms with Crippen LogP contribution in [0.5, 0.6) is 5.75 Å². The van der Waals surface area contributed by atoms with Gasteiger partial charge in [0.2, 0.25) is 0 Å². The largest absolute Gasteiger partial charge is 0.482 e. The van der Waals surface area contributed by atoms with Gasteiger partial charge >= 0.3 is 0 Å².